The Hall–Kier alpha value is -1.98. The highest BCUT2D eigenvalue weighted by molar-refractivity contribution is 5.99. The van der Waals surface area contributed by atoms with E-state index >= 15 is 0 Å². The summed E-state index contributed by atoms with van der Waals surface area (Å²) in [5, 5.41) is 4.59. The van der Waals surface area contributed by atoms with Crippen LogP contribution in [0.2, 0.25) is 0 Å². The maximum atomic E-state index is 4.59. The van der Waals surface area contributed by atoms with Crippen LogP contribution in [-0.2, 0) is 19.9 Å². The molecule has 0 fully saturated rings. The Morgan fingerprint density at radius 1 is 1.19 bits per heavy atom. The summed E-state index contributed by atoms with van der Waals surface area (Å²) in [6.07, 6.45) is 4.24. The van der Waals surface area contributed by atoms with Crippen LogP contribution < -0.4 is 0 Å². The summed E-state index contributed by atoms with van der Waals surface area (Å²) in [7, 11) is 6.22. The predicted molar refractivity (Wildman–Crippen MR) is 83.8 cm³/mol. The number of rotatable bonds is 4. The fourth-order valence-corrected chi connectivity index (χ4v) is 2.94. The first-order valence-electron chi connectivity index (χ1n) is 7.53. The van der Waals surface area contributed by atoms with E-state index in [0.717, 1.165) is 38.6 Å². The number of aliphatic imine (C=N–C) groups is 1. The van der Waals surface area contributed by atoms with Gasteiger partial charge in [-0.3, -0.25) is 4.68 Å². The van der Waals surface area contributed by atoms with Crippen molar-refractivity contribution in [1.29, 1.82) is 0 Å². The monoisotopic (exact) mass is 288 g/mol. The van der Waals surface area contributed by atoms with Gasteiger partial charge in [-0.05, 0) is 12.5 Å². The molecule has 1 aromatic rings. The fraction of sp³-hybridized carbons (Fsp3) is 0.600. The normalized spacial score (nSPS) is 18.0. The number of likely N-dealkylation sites (N-methyl/N-ethyl adjacent to an activating group) is 2. The van der Waals surface area contributed by atoms with Gasteiger partial charge in [0.05, 0.1) is 18.1 Å². The van der Waals surface area contributed by atoms with Gasteiger partial charge in [-0.15, -0.1) is 0 Å². The van der Waals surface area contributed by atoms with Gasteiger partial charge in [-0.25, -0.2) is 4.99 Å². The van der Waals surface area contributed by atoms with E-state index in [0.29, 0.717) is 0 Å². The molecule has 0 radical (unpaired) electrons. The van der Waals surface area contributed by atoms with Gasteiger partial charge in [0.15, 0.2) is 5.84 Å². The van der Waals surface area contributed by atoms with Gasteiger partial charge in [0.25, 0.3) is 0 Å². The highest BCUT2D eigenvalue weighted by atomic mass is 15.4. The maximum Gasteiger partial charge on any atom is 0.152 e. The lowest BCUT2D eigenvalue weighted by Crippen LogP contribution is -2.43. The Morgan fingerprint density at radius 2 is 2.00 bits per heavy atom. The molecule has 0 saturated heterocycles. The van der Waals surface area contributed by atoms with E-state index < -0.39 is 0 Å². The molecule has 0 spiro atoms. The van der Waals surface area contributed by atoms with Crippen LogP contribution in [0.3, 0.4) is 0 Å². The van der Waals surface area contributed by atoms with Crippen molar-refractivity contribution in [2.45, 2.75) is 19.8 Å². The molecule has 0 amide bonds. The highest BCUT2D eigenvalue weighted by Crippen LogP contribution is 2.20. The van der Waals surface area contributed by atoms with Gasteiger partial charge in [-0.2, -0.15) is 5.10 Å². The average Bonchev–Trinajstić information content (AvgIpc) is 3.01. The number of hydrogen-bond acceptors (Lipinski definition) is 5. The maximum absolute atomic E-state index is 4.59. The molecule has 3 rings (SSSR count). The molecule has 2 aliphatic heterocycles. The third kappa shape index (κ3) is 2.62. The minimum absolute atomic E-state index is 0.763. The second kappa shape index (κ2) is 5.42. The Balaban J connectivity index is 1.67. The second-order valence-corrected chi connectivity index (χ2v) is 5.84. The number of amidine groups is 1. The zero-order valence-electron chi connectivity index (χ0n) is 13.4. The molecular formula is C15H24N6. The number of nitrogens with zero attached hydrogens (tertiary/aromatic N) is 6. The molecule has 0 N–H and O–H groups in total. The first kappa shape index (κ1) is 14.0. The highest BCUT2D eigenvalue weighted by Gasteiger charge is 2.27. The Labute approximate surface area is 126 Å². The Morgan fingerprint density at radius 3 is 2.71 bits per heavy atom. The summed E-state index contributed by atoms with van der Waals surface area (Å²) in [4.78, 5) is 11.3. The first-order chi connectivity index (χ1) is 10.1. The van der Waals surface area contributed by atoms with Gasteiger partial charge in [0.1, 0.15) is 6.67 Å². The quantitative estimate of drug-likeness (QED) is 0.824. The fourth-order valence-electron chi connectivity index (χ4n) is 2.94. The summed E-state index contributed by atoms with van der Waals surface area (Å²) in [6, 6.07) is 2.22. The molecule has 0 bridgehead atoms. The number of aryl methyl sites for hydroxylation is 2. The molecule has 114 valence electrons. The van der Waals surface area contributed by atoms with Crippen LogP contribution in [0.25, 0.3) is 0 Å². The van der Waals surface area contributed by atoms with E-state index in [4.69, 9.17) is 0 Å². The SMILES string of the molecule is CCc1cc(CCN2C=C3C(=NCN3C)N(C)C2)nn1C. The first-order valence-corrected chi connectivity index (χ1v) is 7.53. The Kier molecular flexibility index (Phi) is 3.61. The van der Waals surface area contributed by atoms with Crippen molar-refractivity contribution in [3.63, 3.8) is 0 Å². The smallest absolute Gasteiger partial charge is 0.152 e. The van der Waals surface area contributed by atoms with E-state index in [1.54, 1.807) is 0 Å². The van der Waals surface area contributed by atoms with E-state index in [2.05, 4.69) is 58.1 Å². The topological polar surface area (TPSA) is 39.9 Å². The van der Waals surface area contributed by atoms with Crippen molar-refractivity contribution >= 4 is 5.84 Å². The lowest BCUT2D eigenvalue weighted by atomic mass is 10.2. The van der Waals surface area contributed by atoms with E-state index in [1.165, 1.54) is 17.1 Å². The standard InChI is InChI=1S/C15H24N6/c1-5-13-8-12(17-20(13)4)6-7-21-9-14-15(19(3)11-21)16-10-18(14)2/h8-9H,5-7,10-11H2,1-4H3. The third-order valence-corrected chi connectivity index (χ3v) is 4.18. The molecule has 0 atom stereocenters. The molecule has 0 unspecified atom stereocenters. The summed E-state index contributed by atoms with van der Waals surface area (Å²) < 4.78 is 1.99. The molecule has 6 heteroatoms. The average molecular weight is 288 g/mol. The lowest BCUT2D eigenvalue weighted by Gasteiger charge is -2.34. The zero-order chi connectivity index (χ0) is 15.0. The van der Waals surface area contributed by atoms with Crippen LogP contribution >= 0.6 is 0 Å². The van der Waals surface area contributed by atoms with Crippen LogP contribution in [0, 0.1) is 0 Å². The van der Waals surface area contributed by atoms with Crippen LogP contribution in [0.15, 0.2) is 23.0 Å². The minimum Gasteiger partial charge on any atom is -0.357 e. The Bertz CT molecular complexity index is 585. The molecule has 0 aromatic carbocycles. The summed E-state index contributed by atoms with van der Waals surface area (Å²) >= 11 is 0. The van der Waals surface area contributed by atoms with Gasteiger partial charge in [0.2, 0.25) is 0 Å². The third-order valence-electron chi connectivity index (χ3n) is 4.18. The molecular weight excluding hydrogens is 264 g/mol. The van der Waals surface area contributed by atoms with Crippen molar-refractivity contribution in [1.82, 2.24) is 24.5 Å². The van der Waals surface area contributed by atoms with Gasteiger partial charge in [0, 0.05) is 46.0 Å². The van der Waals surface area contributed by atoms with Crippen molar-refractivity contribution in [2.75, 3.05) is 34.0 Å². The molecule has 0 saturated carbocycles. The molecule has 6 nitrogen and oxygen atoms in total. The molecule has 21 heavy (non-hydrogen) atoms. The van der Waals surface area contributed by atoms with Gasteiger partial charge in [-0.1, -0.05) is 6.92 Å². The molecule has 0 aliphatic carbocycles. The minimum atomic E-state index is 0.763. The molecule has 2 aliphatic rings. The zero-order valence-corrected chi connectivity index (χ0v) is 13.4. The number of aromatic nitrogens is 2. The van der Waals surface area contributed by atoms with Crippen LogP contribution in [0.5, 0.6) is 0 Å². The van der Waals surface area contributed by atoms with Crippen molar-refractivity contribution in [2.24, 2.45) is 12.0 Å². The number of fused-ring (bicyclic) bond motifs is 1. The summed E-state index contributed by atoms with van der Waals surface area (Å²) in [5.41, 5.74) is 3.69. The van der Waals surface area contributed by atoms with Crippen LogP contribution in [0.4, 0.5) is 0 Å². The second-order valence-electron chi connectivity index (χ2n) is 5.84. The van der Waals surface area contributed by atoms with E-state index in [9.17, 15) is 0 Å². The summed E-state index contributed by atoms with van der Waals surface area (Å²) in [6.45, 7) is 4.81. The molecule has 1 aromatic heterocycles. The lowest BCUT2D eigenvalue weighted by molar-refractivity contribution is 0.256. The van der Waals surface area contributed by atoms with E-state index in [1.807, 2.05) is 11.7 Å². The van der Waals surface area contributed by atoms with Gasteiger partial charge >= 0.3 is 0 Å². The largest absolute Gasteiger partial charge is 0.357 e. The van der Waals surface area contributed by atoms with Crippen molar-refractivity contribution in [3.05, 3.63) is 29.4 Å². The number of hydrogen-bond donors (Lipinski definition) is 0. The molecule has 3 heterocycles. The van der Waals surface area contributed by atoms with Crippen LogP contribution in [0.1, 0.15) is 18.3 Å². The summed E-state index contributed by atoms with van der Waals surface area (Å²) in [5.74, 6) is 1.11. The van der Waals surface area contributed by atoms with Crippen molar-refractivity contribution in [3.8, 4) is 0 Å². The van der Waals surface area contributed by atoms with Gasteiger partial charge < -0.3 is 14.7 Å². The van der Waals surface area contributed by atoms with Crippen LogP contribution in [-0.4, -0.2) is 64.3 Å². The predicted octanol–water partition coefficient (Wildman–Crippen LogP) is 0.873. The van der Waals surface area contributed by atoms with Crippen molar-refractivity contribution < 1.29 is 0 Å². The van der Waals surface area contributed by atoms with E-state index in [-0.39, 0.29) is 0 Å².